The summed E-state index contributed by atoms with van der Waals surface area (Å²) in [5.74, 6) is -0.421. The number of rotatable bonds is 7. The lowest BCUT2D eigenvalue weighted by Crippen LogP contribution is -2.25. The first-order chi connectivity index (χ1) is 11.6. The minimum Gasteiger partial charge on any atom is -0.349 e. The van der Waals surface area contributed by atoms with E-state index < -0.39 is 0 Å². The summed E-state index contributed by atoms with van der Waals surface area (Å²) in [5, 5.41) is 6.14. The number of hydrogen-bond donors (Lipinski definition) is 2. The Morgan fingerprint density at radius 2 is 1.79 bits per heavy atom. The Morgan fingerprint density at radius 1 is 1.08 bits per heavy atom. The van der Waals surface area contributed by atoms with Crippen LogP contribution in [-0.2, 0) is 11.2 Å². The van der Waals surface area contributed by atoms with Gasteiger partial charge in [0.25, 0.3) is 5.91 Å². The van der Waals surface area contributed by atoms with Crippen LogP contribution in [0.3, 0.4) is 0 Å². The van der Waals surface area contributed by atoms with Crippen LogP contribution in [0.4, 0.5) is 5.69 Å². The van der Waals surface area contributed by atoms with Crippen molar-refractivity contribution in [2.75, 3.05) is 11.9 Å². The summed E-state index contributed by atoms with van der Waals surface area (Å²) in [7, 11) is 0. The van der Waals surface area contributed by atoms with Crippen LogP contribution in [0, 0.1) is 0 Å². The summed E-state index contributed by atoms with van der Waals surface area (Å²) in [6, 6.07) is 14.3. The molecule has 0 aromatic heterocycles. The maximum atomic E-state index is 12.2. The molecule has 5 heteroatoms. The van der Waals surface area contributed by atoms with Crippen molar-refractivity contribution in [1.29, 1.82) is 0 Å². The summed E-state index contributed by atoms with van der Waals surface area (Å²) in [4.78, 5) is 24.3. The molecular weight excluding hydrogens is 324 g/mol. The van der Waals surface area contributed by atoms with Crippen LogP contribution in [0.25, 0.3) is 0 Å². The van der Waals surface area contributed by atoms with E-state index in [0.717, 1.165) is 5.56 Å². The van der Waals surface area contributed by atoms with Gasteiger partial charge in [-0.25, -0.2) is 0 Å². The van der Waals surface area contributed by atoms with Crippen molar-refractivity contribution in [2.24, 2.45) is 0 Å². The molecule has 4 nitrogen and oxygen atoms in total. The first-order valence-corrected chi connectivity index (χ1v) is 8.01. The molecule has 0 aliphatic heterocycles. The molecule has 0 atom stereocenters. The van der Waals surface area contributed by atoms with Crippen molar-refractivity contribution in [3.8, 4) is 0 Å². The third-order valence-electron chi connectivity index (χ3n) is 3.43. The molecule has 2 aromatic rings. The van der Waals surface area contributed by atoms with Gasteiger partial charge in [-0.3, -0.25) is 9.59 Å². The predicted molar refractivity (Wildman–Crippen MR) is 97.4 cm³/mol. The van der Waals surface area contributed by atoms with Gasteiger partial charge in [0.15, 0.2) is 0 Å². The smallest absolute Gasteiger partial charge is 0.253 e. The van der Waals surface area contributed by atoms with E-state index in [1.165, 1.54) is 0 Å². The third kappa shape index (κ3) is 4.96. The van der Waals surface area contributed by atoms with Crippen LogP contribution in [0.5, 0.6) is 0 Å². The van der Waals surface area contributed by atoms with Gasteiger partial charge in [-0.05, 0) is 30.2 Å². The molecule has 0 radical (unpaired) electrons. The Morgan fingerprint density at radius 3 is 2.54 bits per heavy atom. The maximum Gasteiger partial charge on any atom is 0.253 e. The Balaban J connectivity index is 2.00. The fraction of sp³-hybridized carbons (Fsp3) is 0.158. The summed E-state index contributed by atoms with van der Waals surface area (Å²) in [6.45, 7) is 3.93. The molecule has 0 aliphatic rings. The number of hydrogen-bond acceptors (Lipinski definition) is 2. The summed E-state index contributed by atoms with van der Waals surface area (Å²) >= 11 is 6.09. The Bertz CT molecular complexity index is 744. The topological polar surface area (TPSA) is 58.2 Å². The van der Waals surface area contributed by atoms with E-state index in [4.69, 9.17) is 11.6 Å². The summed E-state index contributed by atoms with van der Waals surface area (Å²) < 4.78 is 0. The van der Waals surface area contributed by atoms with E-state index in [-0.39, 0.29) is 18.2 Å². The quantitative estimate of drug-likeness (QED) is 0.751. The molecule has 0 unspecified atom stereocenters. The Labute approximate surface area is 146 Å². The first-order valence-electron chi connectivity index (χ1n) is 7.63. The average molecular weight is 343 g/mol. The van der Waals surface area contributed by atoms with E-state index in [1.54, 1.807) is 36.4 Å². The SMILES string of the molecule is C=CCNC(=O)c1ccccc1NC(=O)CCc1ccccc1Cl. The molecule has 24 heavy (non-hydrogen) atoms. The van der Waals surface area contributed by atoms with Gasteiger partial charge in [-0.15, -0.1) is 6.58 Å². The number of carbonyl (C=O) groups excluding carboxylic acids is 2. The molecule has 0 spiro atoms. The number of halogens is 1. The minimum atomic E-state index is -0.253. The van der Waals surface area contributed by atoms with Gasteiger partial charge in [0, 0.05) is 18.0 Å². The summed E-state index contributed by atoms with van der Waals surface area (Å²) in [6.07, 6.45) is 2.42. The molecule has 124 valence electrons. The van der Waals surface area contributed by atoms with Crippen LogP contribution in [-0.4, -0.2) is 18.4 Å². The standard InChI is InChI=1S/C19H19ClN2O2/c1-2-13-21-19(24)15-8-4-6-10-17(15)22-18(23)12-11-14-7-3-5-9-16(14)20/h2-10H,1,11-13H2,(H,21,24)(H,22,23). The molecule has 2 N–H and O–H groups in total. The van der Waals surface area contributed by atoms with Crippen molar-refractivity contribution in [2.45, 2.75) is 12.8 Å². The molecule has 0 heterocycles. The number of para-hydroxylation sites is 1. The Hall–Kier alpha value is -2.59. The number of nitrogens with one attached hydrogen (secondary N) is 2. The predicted octanol–water partition coefficient (Wildman–Crippen LogP) is 3.83. The van der Waals surface area contributed by atoms with Gasteiger partial charge < -0.3 is 10.6 Å². The zero-order chi connectivity index (χ0) is 17.4. The van der Waals surface area contributed by atoms with Crippen LogP contribution < -0.4 is 10.6 Å². The van der Waals surface area contributed by atoms with Crippen molar-refractivity contribution in [3.63, 3.8) is 0 Å². The van der Waals surface area contributed by atoms with Crippen LogP contribution in [0.2, 0.25) is 5.02 Å². The number of benzene rings is 2. The fourth-order valence-electron chi connectivity index (χ4n) is 2.21. The van der Waals surface area contributed by atoms with Gasteiger partial charge in [-0.2, -0.15) is 0 Å². The van der Waals surface area contributed by atoms with E-state index in [9.17, 15) is 9.59 Å². The van der Waals surface area contributed by atoms with Gasteiger partial charge in [0.2, 0.25) is 5.91 Å². The lowest BCUT2D eigenvalue weighted by Gasteiger charge is -2.11. The first kappa shape index (κ1) is 17.8. The number of carbonyl (C=O) groups is 2. The van der Waals surface area contributed by atoms with E-state index in [0.29, 0.717) is 29.2 Å². The molecular formula is C19H19ClN2O2. The second-order valence-electron chi connectivity index (χ2n) is 5.18. The highest BCUT2D eigenvalue weighted by atomic mass is 35.5. The van der Waals surface area contributed by atoms with Crippen molar-refractivity contribution in [1.82, 2.24) is 5.32 Å². The van der Waals surface area contributed by atoms with Crippen molar-refractivity contribution in [3.05, 3.63) is 77.3 Å². The van der Waals surface area contributed by atoms with Gasteiger partial charge >= 0.3 is 0 Å². The number of aryl methyl sites for hydroxylation is 1. The molecule has 0 aliphatic carbocycles. The lowest BCUT2D eigenvalue weighted by molar-refractivity contribution is -0.116. The molecule has 0 bridgehead atoms. The van der Waals surface area contributed by atoms with Gasteiger partial charge in [0.05, 0.1) is 11.3 Å². The monoisotopic (exact) mass is 342 g/mol. The Kier molecular flexibility index (Phi) is 6.58. The zero-order valence-corrected chi connectivity index (χ0v) is 14.0. The largest absolute Gasteiger partial charge is 0.349 e. The lowest BCUT2D eigenvalue weighted by atomic mass is 10.1. The van der Waals surface area contributed by atoms with Crippen molar-refractivity contribution >= 4 is 29.1 Å². The average Bonchev–Trinajstić information content (AvgIpc) is 2.59. The maximum absolute atomic E-state index is 12.2. The second-order valence-corrected chi connectivity index (χ2v) is 5.59. The van der Waals surface area contributed by atoms with Crippen molar-refractivity contribution < 1.29 is 9.59 Å². The second kappa shape index (κ2) is 8.89. The summed E-state index contributed by atoms with van der Waals surface area (Å²) in [5.41, 5.74) is 1.83. The normalized spacial score (nSPS) is 10.0. The molecule has 2 rings (SSSR count). The van der Waals surface area contributed by atoms with E-state index in [2.05, 4.69) is 17.2 Å². The fourth-order valence-corrected chi connectivity index (χ4v) is 2.44. The highest BCUT2D eigenvalue weighted by Gasteiger charge is 2.12. The number of anilines is 1. The van der Waals surface area contributed by atoms with E-state index >= 15 is 0 Å². The molecule has 0 saturated heterocycles. The minimum absolute atomic E-state index is 0.168. The number of amides is 2. The van der Waals surface area contributed by atoms with Gasteiger partial charge in [0.1, 0.15) is 0 Å². The molecule has 2 amide bonds. The molecule has 2 aromatic carbocycles. The molecule has 0 fully saturated rings. The van der Waals surface area contributed by atoms with Gasteiger partial charge in [-0.1, -0.05) is 48.0 Å². The third-order valence-corrected chi connectivity index (χ3v) is 3.80. The van der Waals surface area contributed by atoms with Crippen LogP contribution in [0.15, 0.2) is 61.2 Å². The molecule has 0 saturated carbocycles. The highest BCUT2D eigenvalue weighted by Crippen LogP contribution is 2.18. The zero-order valence-electron chi connectivity index (χ0n) is 13.2. The van der Waals surface area contributed by atoms with E-state index in [1.807, 2.05) is 18.2 Å². The van der Waals surface area contributed by atoms with Crippen LogP contribution >= 0.6 is 11.6 Å². The van der Waals surface area contributed by atoms with Crippen LogP contribution in [0.1, 0.15) is 22.3 Å². The highest BCUT2D eigenvalue weighted by molar-refractivity contribution is 6.31.